The van der Waals surface area contributed by atoms with E-state index in [9.17, 15) is 13.6 Å². The molecule has 4 aromatic heterocycles. The van der Waals surface area contributed by atoms with Gasteiger partial charge >= 0.3 is 0 Å². The van der Waals surface area contributed by atoms with Crippen molar-refractivity contribution in [3.63, 3.8) is 0 Å². The zero-order valence-electron chi connectivity index (χ0n) is 22.3. The Kier molecular flexibility index (Phi) is 6.41. The van der Waals surface area contributed by atoms with Crippen LogP contribution in [0.5, 0.6) is 0 Å². The van der Waals surface area contributed by atoms with Crippen LogP contribution in [0, 0.1) is 17.8 Å². The third kappa shape index (κ3) is 4.58. The molecular weight excluding hydrogens is 502 g/mol. The molecule has 2 atom stereocenters. The Hall–Kier alpha value is -3.73. The molecule has 1 amide bonds. The van der Waals surface area contributed by atoms with E-state index in [0.29, 0.717) is 37.7 Å². The lowest BCUT2D eigenvalue weighted by Crippen LogP contribution is -2.43. The van der Waals surface area contributed by atoms with Crippen LogP contribution in [0.25, 0.3) is 5.65 Å². The number of imidazole rings is 1. The molecule has 2 fully saturated rings. The van der Waals surface area contributed by atoms with Gasteiger partial charge in [0.1, 0.15) is 18.3 Å². The standard InChI is InChI=1S/C28H32F2N8O/c1-17-8-28(9-17,27-35-33-16-36(27)3)20-7-21(11-31-10-20)34-26(39)22-6-19(15-38-24(30)12-32-25(22)38)14-37-5-4-23(29)18(2)13-37/h6-7,10-12,15-18,23H,4-5,8-9,13-14H2,1-3H3,(H,34,39)/t17-,18-,23+,28+/m1/s1. The van der Waals surface area contributed by atoms with Crippen LogP contribution in [-0.4, -0.2) is 59.2 Å². The van der Waals surface area contributed by atoms with Gasteiger partial charge in [0, 0.05) is 45.0 Å². The number of alkyl halides is 1. The Morgan fingerprint density at radius 1 is 1.21 bits per heavy atom. The monoisotopic (exact) mass is 534 g/mol. The molecule has 0 spiro atoms. The van der Waals surface area contributed by atoms with Gasteiger partial charge in [0.15, 0.2) is 5.65 Å². The van der Waals surface area contributed by atoms with Gasteiger partial charge < -0.3 is 9.88 Å². The lowest BCUT2D eigenvalue weighted by molar-refractivity contribution is 0.0925. The van der Waals surface area contributed by atoms with Crippen molar-refractivity contribution in [1.29, 1.82) is 0 Å². The number of rotatable bonds is 6. The summed E-state index contributed by atoms with van der Waals surface area (Å²) >= 11 is 0. The molecular formula is C28H32F2N8O. The quantitative estimate of drug-likeness (QED) is 0.400. The van der Waals surface area contributed by atoms with Crippen molar-refractivity contribution in [2.24, 2.45) is 18.9 Å². The highest BCUT2D eigenvalue weighted by molar-refractivity contribution is 6.08. The van der Waals surface area contributed by atoms with Crippen molar-refractivity contribution in [2.75, 3.05) is 18.4 Å². The molecule has 204 valence electrons. The highest BCUT2D eigenvalue weighted by Gasteiger charge is 2.48. The average Bonchev–Trinajstić information content (AvgIpc) is 3.49. The fourth-order valence-corrected chi connectivity index (χ4v) is 6.34. The molecule has 5 heterocycles. The summed E-state index contributed by atoms with van der Waals surface area (Å²) in [4.78, 5) is 24.3. The number of pyridine rings is 2. The van der Waals surface area contributed by atoms with Gasteiger partial charge in [0.05, 0.1) is 29.1 Å². The van der Waals surface area contributed by atoms with E-state index < -0.39 is 18.0 Å². The first-order valence-corrected chi connectivity index (χ1v) is 13.4. The number of aryl methyl sites for hydroxylation is 1. The van der Waals surface area contributed by atoms with E-state index in [-0.39, 0.29) is 22.5 Å². The number of amides is 1. The number of anilines is 1. The highest BCUT2D eigenvalue weighted by atomic mass is 19.1. The normalized spacial score (nSPS) is 25.5. The molecule has 0 radical (unpaired) electrons. The maximum atomic E-state index is 14.6. The van der Waals surface area contributed by atoms with Crippen molar-refractivity contribution in [1.82, 2.24) is 34.0 Å². The molecule has 0 unspecified atom stereocenters. The molecule has 11 heteroatoms. The molecule has 1 aliphatic heterocycles. The minimum atomic E-state index is -0.809. The number of carbonyl (C=O) groups is 1. The van der Waals surface area contributed by atoms with Gasteiger partial charge in [-0.25, -0.2) is 9.37 Å². The number of likely N-dealkylation sites (tertiary alicyclic amines) is 1. The van der Waals surface area contributed by atoms with Crippen LogP contribution in [0.4, 0.5) is 14.5 Å². The first-order chi connectivity index (χ1) is 18.7. The SMILES string of the molecule is C[C@@H]1CN(Cc2cc(C(=O)Nc3cncc([C@]4(c5nncn5C)C[C@@H](C)C4)c3)c3ncc(F)n3c2)CC[C@@H]1F. The van der Waals surface area contributed by atoms with Gasteiger partial charge in [-0.2, -0.15) is 4.39 Å². The van der Waals surface area contributed by atoms with E-state index in [1.807, 2.05) is 30.8 Å². The minimum absolute atomic E-state index is 0.0708. The van der Waals surface area contributed by atoms with E-state index in [0.717, 1.165) is 36.0 Å². The van der Waals surface area contributed by atoms with Gasteiger partial charge in [-0.1, -0.05) is 13.8 Å². The molecule has 4 aromatic rings. The zero-order valence-corrected chi connectivity index (χ0v) is 22.3. The molecule has 1 saturated carbocycles. The molecule has 0 bridgehead atoms. The second-order valence-electron chi connectivity index (χ2n) is 11.3. The lowest BCUT2D eigenvalue weighted by atomic mass is 9.59. The summed E-state index contributed by atoms with van der Waals surface area (Å²) in [7, 11) is 1.93. The van der Waals surface area contributed by atoms with Gasteiger partial charge in [-0.3, -0.25) is 19.1 Å². The second kappa shape index (κ2) is 9.78. The maximum absolute atomic E-state index is 14.6. The molecule has 0 aromatic carbocycles. The van der Waals surface area contributed by atoms with Gasteiger partial charge in [-0.05, 0) is 48.4 Å². The maximum Gasteiger partial charge on any atom is 0.259 e. The van der Waals surface area contributed by atoms with Crippen molar-refractivity contribution < 1.29 is 13.6 Å². The Balaban J connectivity index is 1.29. The Labute approximate surface area is 225 Å². The first kappa shape index (κ1) is 25.5. The molecule has 1 saturated heterocycles. The average molecular weight is 535 g/mol. The van der Waals surface area contributed by atoms with Gasteiger partial charge in [0.2, 0.25) is 5.95 Å². The summed E-state index contributed by atoms with van der Waals surface area (Å²) in [6.07, 6.45) is 9.36. The van der Waals surface area contributed by atoms with Crippen molar-refractivity contribution in [3.05, 3.63) is 71.7 Å². The van der Waals surface area contributed by atoms with Crippen LogP contribution < -0.4 is 5.32 Å². The number of halogens is 2. The van der Waals surface area contributed by atoms with E-state index in [2.05, 4.69) is 37.3 Å². The smallest absolute Gasteiger partial charge is 0.259 e. The molecule has 2 aliphatic rings. The predicted molar refractivity (Wildman–Crippen MR) is 141 cm³/mol. The van der Waals surface area contributed by atoms with E-state index in [1.165, 1.54) is 4.40 Å². The second-order valence-corrected chi connectivity index (χ2v) is 11.3. The van der Waals surface area contributed by atoms with E-state index in [1.54, 1.807) is 24.8 Å². The van der Waals surface area contributed by atoms with Crippen LogP contribution in [0.15, 0.2) is 43.2 Å². The topological polar surface area (TPSA) is 93.2 Å². The molecule has 1 N–H and O–H groups in total. The van der Waals surface area contributed by atoms with Crippen molar-refractivity contribution in [3.8, 4) is 0 Å². The summed E-state index contributed by atoms with van der Waals surface area (Å²) in [5.41, 5.74) is 2.43. The Bertz CT molecular complexity index is 1530. The largest absolute Gasteiger partial charge is 0.320 e. The van der Waals surface area contributed by atoms with Crippen LogP contribution in [0.3, 0.4) is 0 Å². The van der Waals surface area contributed by atoms with Crippen LogP contribution in [0.2, 0.25) is 0 Å². The summed E-state index contributed by atoms with van der Waals surface area (Å²) < 4.78 is 31.8. The van der Waals surface area contributed by atoms with E-state index in [4.69, 9.17) is 0 Å². The number of hydrogen-bond donors (Lipinski definition) is 1. The Morgan fingerprint density at radius 2 is 2.03 bits per heavy atom. The first-order valence-electron chi connectivity index (χ1n) is 13.4. The van der Waals surface area contributed by atoms with Crippen LogP contribution >= 0.6 is 0 Å². The van der Waals surface area contributed by atoms with Gasteiger partial charge in [-0.15, -0.1) is 10.2 Å². The summed E-state index contributed by atoms with van der Waals surface area (Å²) in [5.74, 6) is 0.379. The van der Waals surface area contributed by atoms with Gasteiger partial charge in [0.25, 0.3) is 5.91 Å². The third-order valence-electron chi connectivity index (χ3n) is 8.23. The Morgan fingerprint density at radius 3 is 2.74 bits per heavy atom. The highest BCUT2D eigenvalue weighted by Crippen LogP contribution is 2.51. The molecule has 1 aliphatic carbocycles. The van der Waals surface area contributed by atoms with E-state index >= 15 is 0 Å². The van der Waals surface area contributed by atoms with Crippen LogP contribution in [-0.2, 0) is 19.0 Å². The molecule has 39 heavy (non-hydrogen) atoms. The third-order valence-corrected chi connectivity index (χ3v) is 8.23. The minimum Gasteiger partial charge on any atom is -0.320 e. The zero-order chi connectivity index (χ0) is 27.3. The number of aromatic nitrogens is 6. The number of nitrogens with one attached hydrogen (secondary N) is 1. The number of fused-ring (bicyclic) bond motifs is 1. The fourth-order valence-electron chi connectivity index (χ4n) is 6.34. The number of hydrogen-bond acceptors (Lipinski definition) is 6. The van der Waals surface area contributed by atoms with Crippen molar-refractivity contribution >= 4 is 17.2 Å². The van der Waals surface area contributed by atoms with Crippen LogP contribution in [0.1, 0.15) is 60.4 Å². The molecule has 9 nitrogen and oxygen atoms in total. The predicted octanol–water partition coefficient (Wildman–Crippen LogP) is 4.15. The lowest BCUT2D eigenvalue weighted by Gasteiger charge is -2.45. The van der Waals surface area contributed by atoms with Crippen molar-refractivity contribution in [2.45, 2.75) is 51.2 Å². The number of piperidine rings is 1. The summed E-state index contributed by atoms with van der Waals surface area (Å²) in [6.45, 7) is 5.81. The summed E-state index contributed by atoms with van der Waals surface area (Å²) in [5, 5.41) is 11.4. The summed E-state index contributed by atoms with van der Waals surface area (Å²) in [6, 6.07) is 3.68. The fraction of sp³-hybridized carbons (Fsp3) is 0.464. The molecule has 6 rings (SSSR count). The number of carbonyl (C=O) groups excluding carboxylic acids is 1. The number of nitrogens with zero attached hydrogens (tertiary/aromatic N) is 7.